The SMILES string of the molecule is Cc1cccc(NC(=O)c2cnc(-c3cccc(F)c3)nc2)c1. The van der Waals surface area contributed by atoms with E-state index >= 15 is 0 Å². The minimum atomic E-state index is -0.354. The molecule has 4 nitrogen and oxygen atoms in total. The zero-order valence-electron chi connectivity index (χ0n) is 12.5. The van der Waals surface area contributed by atoms with E-state index in [0.29, 0.717) is 22.6 Å². The molecule has 1 aromatic heterocycles. The maximum atomic E-state index is 13.2. The number of benzene rings is 2. The first-order chi connectivity index (χ1) is 11.1. The smallest absolute Gasteiger partial charge is 0.258 e. The molecule has 0 spiro atoms. The van der Waals surface area contributed by atoms with Gasteiger partial charge in [0.1, 0.15) is 5.82 Å². The Kier molecular flexibility index (Phi) is 4.10. The largest absolute Gasteiger partial charge is 0.322 e. The molecule has 0 atom stereocenters. The van der Waals surface area contributed by atoms with Gasteiger partial charge in [0, 0.05) is 23.6 Å². The third-order valence-corrected chi connectivity index (χ3v) is 3.27. The van der Waals surface area contributed by atoms with Gasteiger partial charge in [0.15, 0.2) is 5.82 Å². The lowest BCUT2D eigenvalue weighted by atomic mass is 10.2. The van der Waals surface area contributed by atoms with Crippen LogP contribution in [0.2, 0.25) is 0 Å². The van der Waals surface area contributed by atoms with Gasteiger partial charge in [-0.05, 0) is 36.8 Å². The van der Waals surface area contributed by atoms with Crippen molar-refractivity contribution in [1.82, 2.24) is 9.97 Å². The van der Waals surface area contributed by atoms with Gasteiger partial charge in [0.2, 0.25) is 0 Å². The van der Waals surface area contributed by atoms with Crippen LogP contribution < -0.4 is 5.32 Å². The summed E-state index contributed by atoms with van der Waals surface area (Å²) in [4.78, 5) is 20.4. The van der Waals surface area contributed by atoms with E-state index in [9.17, 15) is 9.18 Å². The van der Waals surface area contributed by atoms with Crippen molar-refractivity contribution in [2.45, 2.75) is 6.92 Å². The van der Waals surface area contributed by atoms with Crippen molar-refractivity contribution in [1.29, 1.82) is 0 Å². The lowest BCUT2D eigenvalue weighted by Gasteiger charge is -2.06. The highest BCUT2D eigenvalue weighted by molar-refractivity contribution is 6.03. The maximum Gasteiger partial charge on any atom is 0.258 e. The number of halogens is 1. The molecule has 3 aromatic rings. The maximum absolute atomic E-state index is 13.2. The summed E-state index contributed by atoms with van der Waals surface area (Å²) in [5, 5.41) is 2.79. The second-order valence-electron chi connectivity index (χ2n) is 5.13. The molecule has 0 saturated carbocycles. The van der Waals surface area contributed by atoms with Crippen molar-refractivity contribution < 1.29 is 9.18 Å². The van der Waals surface area contributed by atoms with E-state index in [1.165, 1.54) is 24.5 Å². The Balaban J connectivity index is 1.78. The number of rotatable bonds is 3. The van der Waals surface area contributed by atoms with Crippen LogP contribution >= 0.6 is 0 Å². The van der Waals surface area contributed by atoms with Gasteiger partial charge in [-0.2, -0.15) is 0 Å². The number of nitrogens with one attached hydrogen (secondary N) is 1. The van der Waals surface area contributed by atoms with Gasteiger partial charge in [-0.3, -0.25) is 4.79 Å². The molecule has 1 amide bonds. The Morgan fingerprint density at radius 3 is 2.48 bits per heavy atom. The Morgan fingerprint density at radius 1 is 1.04 bits per heavy atom. The molecule has 5 heteroatoms. The molecule has 0 aliphatic rings. The first-order valence-corrected chi connectivity index (χ1v) is 7.08. The van der Waals surface area contributed by atoms with Crippen LogP contribution in [-0.2, 0) is 0 Å². The molecule has 1 N–H and O–H groups in total. The fourth-order valence-electron chi connectivity index (χ4n) is 2.15. The first kappa shape index (κ1) is 14.8. The molecule has 0 bridgehead atoms. The summed E-state index contributed by atoms with van der Waals surface area (Å²) in [5.41, 5.74) is 2.67. The molecule has 23 heavy (non-hydrogen) atoms. The predicted octanol–water partition coefficient (Wildman–Crippen LogP) is 3.84. The van der Waals surface area contributed by atoms with Crippen LogP contribution in [0.3, 0.4) is 0 Å². The van der Waals surface area contributed by atoms with Crippen molar-refractivity contribution in [3.63, 3.8) is 0 Å². The van der Waals surface area contributed by atoms with E-state index < -0.39 is 0 Å². The molecule has 1 heterocycles. The number of carbonyl (C=O) groups excluding carboxylic acids is 1. The summed E-state index contributed by atoms with van der Waals surface area (Å²) in [6.07, 6.45) is 2.86. The fourth-order valence-corrected chi connectivity index (χ4v) is 2.15. The normalized spacial score (nSPS) is 10.3. The lowest BCUT2D eigenvalue weighted by molar-refractivity contribution is 0.102. The summed E-state index contributed by atoms with van der Waals surface area (Å²) in [7, 11) is 0. The third-order valence-electron chi connectivity index (χ3n) is 3.27. The summed E-state index contributed by atoms with van der Waals surface area (Å²) in [6, 6.07) is 13.5. The number of hydrogen-bond acceptors (Lipinski definition) is 3. The molecule has 3 rings (SSSR count). The van der Waals surface area contributed by atoms with Crippen molar-refractivity contribution in [3.05, 3.63) is 77.9 Å². The van der Waals surface area contributed by atoms with Gasteiger partial charge in [-0.1, -0.05) is 24.3 Å². The van der Waals surface area contributed by atoms with Crippen LogP contribution in [-0.4, -0.2) is 15.9 Å². The van der Waals surface area contributed by atoms with E-state index in [0.717, 1.165) is 5.56 Å². The van der Waals surface area contributed by atoms with Gasteiger partial charge in [0.05, 0.1) is 5.56 Å². The Morgan fingerprint density at radius 2 is 1.78 bits per heavy atom. The van der Waals surface area contributed by atoms with Gasteiger partial charge in [0.25, 0.3) is 5.91 Å². The number of amides is 1. The molecular weight excluding hydrogens is 293 g/mol. The van der Waals surface area contributed by atoms with Gasteiger partial charge in [-0.15, -0.1) is 0 Å². The highest BCUT2D eigenvalue weighted by atomic mass is 19.1. The van der Waals surface area contributed by atoms with Crippen molar-refractivity contribution in [2.75, 3.05) is 5.32 Å². The number of carbonyl (C=O) groups is 1. The fraction of sp³-hybridized carbons (Fsp3) is 0.0556. The molecule has 0 aliphatic heterocycles. The number of nitrogens with zero attached hydrogens (tertiary/aromatic N) is 2. The predicted molar refractivity (Wildman–Crippen MR) is 86.6 cm³/mol. The first-order valence-electron chi connectivity index (χ1n) is 7.08. The molecule has 0 unspecified atom stereocenters. The van der Waals surface area contributed by atoms with Gasteiger partial charge >= 0.3 is 0 Å². The van der Waals surface area contributed by atoms with E-state index in [-0.39, 0.29) is 11.7 Å². The average molecular weight is 307 g/mol. The van der Waals surface area contributed by atoms with E-state index in [4.69, 9.17) is 0 Å². The van der Waals surface area contributed by atoms with Crippen LogP contribution in [0.15, 0.2) is 60.9 Å². The molecule has 114 valence electrons. The minimum absolute atomic E-state index is 0.290. The molecule has 0 saturated heterocycles. The lowest BCUT2D eigenvalue weighted by Crippen LogP contribution is -2.12. The molecular formula is C18H14FN3O. The molecule has 0 fully saturated rings. The van der Waals surface area contributed by atoms with E-state index in [1.54, 1.807) is 12.1 Å². The second-order valence-corrected chi connectivity index (χ2v) is 5.13. The van der Waals surface area contributed by atoms with E-state index in [2.05, 4.69) is 15.3 Å². The summed E-state index contributed by atoms with van der Waals surface area (Å²) in [5.74, 6) is -0.273. The van der Waals surface area contributed by atoms with Crippen LogP contribution in [0.5, 0.6) is 0 Å². The van der Waals surface area contributed by atoms with Crippen molar-refractivity contribution in [2.24, 2.45) is 0 Å². The Hall–Kier alpha value is -3.08. The van der Waals surface area contributed by atoms with Gasteiger partial charge < -0.3 is 5.32 Å². The van der Waals surface area contributed by atoms with E-state index in [1.807, 2.05) is 31.2 Å². The van der Waals surface area contributed by atoms with Crippen LogP contribution in [0.4, 0.5) is 10.1 Å². The number of hydrogen-bond donors (Lipinski definition) is 1. The van der Waals surface area contributed by atoms with Crippen LogP contribution in [0.1, 0.15) is 15.9 Å². The zero-order valence-corrected chi connectivity index (χ0v) is 12.5. The molecule has 2 aromatic carbocycles. The summed E-state index contributed by atoms with van der Waals surface area (Å²) in [6.45, 7) is 1.95. The number of aryl methyl sites for hydroxylation is 1. The highest BCUT2D eigenvalue weighted by Crippen LogP contribution is 2.16. The van der Waals surface area contributed by atoms with Crippen molar-refractivity contribution in [3.8, 4) is 11.4 Å². The Labute approximate surface area is 133 Å². The highest BCUT2D eigenvalue weighted by Gasteiger charge is 2.09. The van der Waals surface area contributed by atoms with Crippen molar-refractivity contribution >= 4 is 11.6 Å². The third kappa shape index (κ3) is 3.58. The van der Waals surface area contributed by atoms with Gasteiger partial charge in [-0.25, -0.2) is 14.4 Å². The second kappa shape index (κ2) is 6.36. The topological polar surface area (TPSA) is 54.9 Å². The standard InChI is InChI=1S/C18H14FN3O/c1-12-4-2-7-16(8-12)22-18(23)14-10-20-17(21-11-14)13-5-3-6-15(19)9-13/h2-11H,1H3,(H,22,23). The minimum Gasteiger partial charge on any atom is -0.322 e. The zero-order chi connectivity index (χ0) is 16.2. The molecule has 0 aliphatic carbocycles. The Bertz CT molecular complexity index is 847. The summed E-state index contributed by atoms with van der Waals surface area (Å²) < 4.78 is 13.2. The quantitative estimate of drug-likeness (QED) is 0.799. The number of aromatic nitrogens is 2. The summed E-state index contributed by atoms with van der Waals surface area (Å²) >= 11 is 0. The number of anilines is 1. The van der Waals surface area contributed by atoms with Crippen LogP contribution in [0, 0.1) is 12.7 Å². The molecule has 0 radical (unpaired) electrons. The van der Waals surface area contributed by atoms with Crippen LogP contribution in [0.25, 0.3) is 11.4 Å². The average Bonchev–Trinajstić information content (AvgIpc) is 2.55. The monoisotopic (exact) mass is 307 g/mol.